The molecule has 1 unspecified atom stereocenters. The van der Waals surface area contributed by atoms with E-state index in [-0.39, 0.29) is 5.57 Å². The minimum atomic E-state index is -0.831. The van der Waals surface area contributed by atoms with Crippen molar-refractivity contribution >= 4 is 23.0 Å². The molecule has 1 saturated heterocycles. The third-order valence-corrected chi connectivity index (χ3v) is 7.00. The number of amides is 1. The molecule has 0 saturated carbocycles. The molecule has 1 amide bonds. The fourth-order valence-corrected chi connectivity index (χ4v) is 5.31. The number of carbonyl (C=O) groups is 2. The highest BCUT2D eigenvalue weighted by molar-refractivity contribution is 7.14. The summed E-state index contributed by atoms with van der Waals surface area (Å²) in [6.07, 6.45) is 3.46. The largest absolute Gasteiger partial charge is 0.503 e. The maximum Gasteiger partial charge on any atom is 0.290 e. The lowest BCUT2D eigenvalue weighted by atomic mass is 9.95. The van der Waals surface area contributed by atoms with Crippen molar-refractivity contribution in [1.82, 2.24) is 14.8 Å². The normalized spacial score (nSPS) is 20.0. The van der Waals surface area contributed by atoms with Crippen LogP contribution >= 0.6 is 11.3 Å². The third kappa shape index (κ3) is 4.27. The Bertz CT molecular complexity index is 1040. The van der Waals surface area contributed by atoms with Gasteiger partial charge in [-0.1, -0.05) is 18.6 Å². The first-order valence-electron chi connectivity index (χ1n) is 10.6. The monoisotopic (exact) mass is 443 g/mol. The topological polar surface area (TPSA) is 73.7 Å². The summed E-state index contributed by atoms with van der Waals surface area (Å²) in [5.41, 5.74) is 1.03. The molecule has 164 valence electrons. The first-order valence-corrected chi connectivity index (χ1v) is 11.4. The minimum absolute atomic E-state index is 0.000921. The Kier molecular flexibility index (Phi) is 6.20. The molecule has 0 spiro atoms. The summed E-state index contributed by atoms with van der Waals surface area (Å²) in [6.45, 7) is 6.47. The van der Waals surface area contributed by atoms with E-state index in [2.05, 4.69) is 9.88 Å². The Morgan fingerprint density at radius 2 is 1.97 bits per heavy atom. The Labute approximate surface area is 185 Å². The number of aliphatic hydroxyl groups excluding tert-OH is 1. The standard InChI is InChI=1S/C23H26FN3O3S/c1-14-22(31-15(2)25-14)20(28)18-19(16-7-6-8-17(24)13-16)27(23(30)21(18)29)12-11-26-9-4-3-5-10-26/h6-8,13,19,29H,3-5,9-12H2,1-2H3. The fraction of sp³-hybridized carbons (Fsp3) is 0.435. The van der Waals surface area contributed by atoms with Crippen molar-refractivity contribution in [2.75, 3.05) is 26.2 Å². The number of hydrogen-bond acceptors (Lipinski definition) is 6. The van der Waals surface area contributed by atoms with E-state index in [1.165, 1.54) is 34.8 Å². The highest BCUT2D eigenvalue weighted by Crippen LogP contribution is 2.40. The van der Waals surface area contributed by atoms with Gasteiger partial charge in [-0.3, -0.25) is 9.59 Å². The molecule has 1 atom stereocenters. The van der Waals surface area contributed by atoms with Gasteiger partial charge in [-0.15, -0.1) is 11.3 Å². The molecule has 0 radical (unpaired) electrons. The van der Waals surface area contributed by atoms with Crippen LogP contribution in [0.4, 0.5) is 4.39 Å². The Balaban J connectivity index is 1.70. The van der Waals surface area contributed by atoms with E-state index < -0.39 is 29.3 Å². The number of aryl methyl sites for hydroxylation is 2. The van der Waals surface area contributed by atoms with Gasteiger partial charge in [0.2, 0.25) is 5.78 Å². The van der Waals surface area contributed by atoms with E-state index in [1.807, 2.05) is 0 Å². The van der Waals surface area contributed by atoms with E-state index in [0.29, 0.717) is 29.2 Å². The lowest BCUT2D eigenvalue weighted by Gasteiger charge is -2.31. The maximum atomic E-state index is 14.1. The molecule has 2 aromatic rings. The lowest BCUT2D eigenvalue weighted by molar-refractivity contribution is -0.129. The zero-order chi connectivity index (χ0) is 22.1. The highest BCUT2D eigenvalue weighted by atomic mass is 32.1. The van der Waals surface area contributed by atoms with Crippen LogP contribution in [0.3, 0.4) is 0 Å². The lowest BCUT2D eigenvalue weighted by Crippen LogP contribution is -2.40. The summed E-state index contributed by atoms with van der Waals surface area (Å²) in [7, 11) is 0. The molecule has 2 aliphatic heterocycles. The van der Waals surface area contributed by atoms with Gasteiger partial charge in [0.15, 0.2) is 5.76 Å². The molecule has 1 aromatic heterocycles. The molecule has 4 rings (SSSR count). The second-order valence-electron chi connectivity index (χ2n) is 8.10. The van der Waals surface area contributed by atoms with Crippen molar-refractivity contribution in [3.63, 3.8) is 0 Å². The molecule has 3 heterocycles. The molecule has 2 aliphatic rings. The summed E-state index contributed by atoms with van der Waals surface area (Å²) in [5, 5.41) is 11.5. The summed E-state index contributed by atoms with van der Waals surface area (Å²) >= 11 is 1.23. The van der Waals surface area contributed by atoms with Gasteiger partial charge in [0, 0.05) is 13.1 Å². The fourth-order valence-electron chi connectivity index (χ4n) is 4.44. The van der Waals surface area contributed by atoms with Gasteiger partial charge in [0.1, 0.15) is 5.82 Å². The zero-order valence-electron chi connectivity index (χ0n) is 17.7. The van der Waals surface area contributed by atoms with E-state index >= 15 is 0 Å². The number of rotatable bonds is 6. The third-order valence-electron chi connectivity index (χ3n) is 5.93. The summed E-state index contributed by atoms with van der Waals surface area (Å²) < 4.78 is 14.1. The van der Waals surface area contributed by atoms with Gasteiger partial charge >= 0.3 is 0 Å². The number of aliphatic hydroxyl groups is 1. The van der Waals surface area contributed by atoms with E-state index in [0.717, 1.165) is 30.9 Å². The number of carbonyl (C=O) groups excluding carboxylic acids is 2. The van der Waals surface area contributed by atoms with Gasteiger partial charge in [-0.25, -0.2) is 9.37 Å². The second kappa shape index (κ2) is 8.88. The van der Waals surface area contributed by atoms with Gasteiger partial charge in [0.25, 0.3) is 5.91 Å². The van der Waals surface area contributed by atoms with Crippen LogP contribution in [0.25, 0.3) is 0 Å². The second-order valence-corrected chi connectivity index (χ2v) is 9.30. The number of benzene rings is 1. The van der Waals surface area contributed by atoms with Crippen LogP contribution in [0.15, 0.2) is 35.6 Å². The van der Waals surface area contributed by atoms with Gasteiger partial charge in [0.05, 0.1) is 27.2 Å². The average molecular weight is 444 g/mol. The molecule has 1 aromatic carbocycles. The predicted octanol–water partition coefficient (Wildman–Crippen LogP) is 3.96. The molecule has 6 nitrogen and oxygen atoms in total. The Hall–Kier alpha value is -2.58. The smallest absolute Gasteiger partial charge is 0.290 e. The molecule has 8 heteroatoms. The molecule has 0 aliphatic carbocycles. The van der Waals surface area contributed by atoms with Crippen LogP contribution in [0.2, 0.25) is 0 Å². The molecule has 1 fully saturated rings. The Morgan fingerprint density at radius 3 is 2.61 bits per heavy atom. The van der Waals surface area contributed by atoms with Crippen molar-refractivity contribution in [3.8, 4) is 0 Å². The number of ketones is 1. The molecule has 1 N–H and O–H groups in total. The number of likely N-dealkylation sites (tertiary alicyclic amines) is 1. The van der Waals surface area contributed by atoms with Crippen molar-refractivity contribution in [2.45, 2.75) is 39.2 Å². The summed E-state index contributed by atoms with van der Waals surface area (Å²) in [4.78, 5) is 34.9. The molecule has 31 heavy (non-hydrogen) atoms. The number of hydrogen-bond donors (Lipinski definition) is 1. The summed E-state index contributed by atoms with van der Waals surface area (Å²) in [5.74, 6) is -2.02. The number of piperidine rings is 1. The van der Waals surface area contributed by atoms with Crippen molar-refractivity contribution in [1.29, 1.82) is 0 Å². The van der Waals surface area contributed by atoms with Crippen LogP contribution in [0.5, 0.6) is 0 Å². The van der Waals surface area contributed by atoms with Crippen molar-refractivity contribution < 1.29 is 19.1 Å². The molecular weight excluding hydrogens is 417 g/mol. The molecule has 0 bridgehead atoms. The van der Waals surface area contributed by atoms with Crippen LogP contribution in [-0.2, 0) is 4.79 Å². The van der Waals surface area contributed by atoms with Crippen LogP contribution in [-0.4, -0.2) is 57.8 Å². The number of Topliss-reactive ketones (excluding diaryl/α,β-unsaturated/α-hetero) is 1. The number of halogens is 1. The van der Waals surface area contributed by atoms with Crippen molar-refractivity contribution in [3.05, 3.63) is 62.6 Å². The van der Waals surface area contributed by atoms with Gasteiger partial charge in [-0.05, 0) is 57.5 Å². The molecular formula is C23H26FN3O3S. The van der Waals surface area contributed by atoms with Crippen LogP contribution in [0.1, 0.15) is 51.2 Å². The van der Waals surface area contributed by atoms with E-state index in [9.17, 15) is 19.1 Å². The number of aromatic nitrogens is 1. The number of thiazole rings is 1. The highest BCUT2D eigenvalue weighted by Gasteiger charge is 2.44. The average Bonchev–Trinajstić information content (AvgIpc) is 3.22. The first kappa shape index (κ1) is 21.6. The zero-order valence-corrected chi connectivity index (χ0v) is 18.5. The number of nitrogens with zero attached hydrogens (tertiary/aromatic N) is 3. The first-order chi connectivity index (χ1) is 14.9. The van der Waals surface area contributed by atoms with Gasteiger partial charge < -0.3 is 14.9 Å². The summed E-state index contributed by atoms with van der Waals surface area (Å²) in [6, 6.07) is 5.05. The SMILES string of the molecule is Cc1nc(C)c(C(=O)C2=C(O)C(=O)N(CCN3CCCCC3)C2c2cccc(F)c2)s1. The minimum Gasteiger partial charge on any atom is -0.503 e. The van der Waals surface area contributed by atoms with Gasteiger partial charge in [-0.2, -0.15) is 0 Å². The quantitative estimate of drug-likeness (QED) is 0.684. The van der Waals surface area contributed by atoms with Crippen LogP contribution < -0.4 is 0 Å². The van der Waals surface area contributed by atoms with E-state index in [4.69, 9.17) is 0 Å². The van der Waals surface area contributed by atoms with E-state index in [1.54, 1.807) is 26.0 Å². The van der Waals surface area contributed by atoms with Crippen molar-refractivity contribution in [2.24, 2.45) is 0 Å². The van der Waals surface area contributed by atoms with Crippen LogP contribution in [0, 0.1) is 19.7 Å². The predicted molar refractivity (Wildman–Crippen MR) is 117 cm³/mol. The Morgan fingerprint density at radius 1 is 1.23 bits per heavy atom. The maximum absolute atomic E-state index is 14.1.